The second-order valence-electron chi connectivity index (χ2n) is 4.27. The number of piperidine rings is 1. The van der Waals surface area contributed by atoms with Crippen LogP contribution in [0, 0.1) is 5.92 Å². The third-order valence-corrected chi connectivity index (χ3v) is 3.06. The van der Waals surface area contributed by atoms with Gasteiger partial charge in [-0.25, -0.2) is 0 Å². The zero-order valence-electron chi connectivity index (χ0n) is 10.2. The Morgan fingerprint density at radius 2 is 2.07 bits per heavy atom. The Morgan fingerprint density at radius 1 is 1.40 bits per heavy atom. The maximum Gasteiger partial charge on any atom is 0.190 e. The molecule has 1 rings (SSSR count). The molecule has 0 spiro atoms. The molecule has 4 heteroatoms. The number of likely N-dealkylation sites (tertiary alicyclic amines) is 1. The molecule has 1 heterocycles. The first-order valence-corrected chi connectivity index (χ1v) is 5.87. The summed E-state index contributed by atoms with van der Waals surface area (Å²) in [6.45, 7) is 6.94. The van der Waals surface area contributed by atoms with E-state index in [0.717, 1.165) is 25.0 Å². The second-order valence-corrected chi connectivity index (χ2v) is 4.27. The number of nitrogens with one attached hydrogen (secondary N) is 2. The number of hydrogen-bond acceptors (Lipinski definition) is 2. The van der Waals surface area contributed by atoms with Crippen molar-refractivity contribution in [3.05, 3.63) is 0 Å². The van der Waals surface area contributed by atoms with Crippen LogP contribution in [0.4, 0.5) is 0 Å². The molecule has 2 N–H and O–H groups in total. The van der Waals surface area contributed by atoms with Gasteiger partial charge in [-0.2, -0.15) is 0 Å². The molecule has 0 saturated carbocycles. The van der Waals surface area contributed by atoms with Crippen molar-refractivity contribution >= 4 is 5.96 Å². The Kier molecular flexibility index (Phi) is 5.47. The monoisotopic (exact) mass is 212 g/mol. The Balaban J connectivity index is 2.10. The van der Waals surface area contributed by atoms with Crippen LogP contribution in [0.2, 0.25) is 0 Å². The summed E-state index contributed by atoms with van der Waals surface area (Å²) < 4.78 is 0. The van der Waals surface area contributed by atoms with E-state index in [1.165, 1.54) is 25.9 Å². The summed E-state index contributed by atoms with van der Waals surface area (Å²) in [6.07, 6.45) is 2.70. The quantitative estimate of drug-likeness (QED) is 0.529. The lowest BCUT2D eigenvalue weighted by Gasteiger charge is -2.30. The molecule has 0 bridgehead atoms. The lowest BCUT2D eigenvalue weighted by molar-refractivity contribution is 0.195. The summed E-state index contributed by atoms with van der Waals surface area (Å²) in [4.78, 5) is 6.60. The van der Waals surface area contributed by atoms with Crippen molar-refractivity contribution in [3.63, 3.8) is 0 Å². The SMILES string of the molecule is CN=C(NC)NCCN1CCC(C)CC1. The molecule has 15 heavy (non-hydrogen) atoms. The van der Waals surface area contributed by atoms with Crippen LogP contribution in [-0.4, -0.2) is 51.1 Å². The van der Waals surface area contributed by atoms with Gasteiger partial charge in [0.1, 0.15) is 0 Å². The predicted octanol–water partition coefficient (Wildman–Crippen LogP) is 0.513. The van der Waals surface area contributed by atoms with Gasteiger partial charge in [-0.1, -0.05) is 6.92 Å². The average molecular weight is 212 g/mol. The van der Waals surface area contributed by atoms with Crippen molar-refractivity contribution in [2.75, 3.05) is 40.3 Å². The van der Waals surface area contributed by atoms with Crippen LogP contribution < -0.4 is 10.6 Å². The zero-order valence-corrected chi connectivity index (χ0v) is 10.2. The van der Waals surface area contributed by atoms with E-state index in [-0.39, 0.29) is 0 Å². The summed E-state index contributed by atoms with van der Waals surface area (Å²) >= 11 is 0. The highest BCUT2D eigenvalue weighted by Crippen LogP contribution is 2.14. The van der Waals surface area contributed by atoms with Gasteiger partial charge in [-0.3, -0.25) is 4.99 Å². The van der Waals surface area contributed by atoms with Gasteiger partial charge in [-0.15, -0.1) is 0 Å². The maximum absolute atomic E-state index is 4.08. The molecule has 0 aromatic heterocycles. The molecule has 0 aliphatic carbocycles. The van der Waals surface area contributed by atoms with Crippen molar-refractivity contribution < 1.29 is 0 Å². The summed E-state index contributed by atoms with van der Waals surface area (Å²) in [6, 6.07) is 0. The minimum Gasteiger partial charge on any atom is -0.359 e. The highest BCUT2D eigenvalue weighted by molar-refractivity contribution is 5.79. The van der Waals surface area contributed by atoms with Crippen molar-refractivity contribution in [3.8, 4) is 0 Å². The number of aliphatic imine (C=N–C) groups is 1. The Hall–Kier alpha value is -0.770. The van der Waals surface area contributed by atoms with Gasteiger partial charge in [-0.05, 0) is 31.8 Å². The first-order chi connectivity index (χ1) is 7.26. The predicted molar refractivity (Wildman–Crippen MR) is 65.3 cm³/mol. The fraction of sp³-hybridized carbons (Fsp3) is 0.909. The fourth-order valence-electron chi connectivity index (χ4n) is 1.90. The molecular weight excluding hydrogens is 188 g/mol. The van der Waals surface area contributed by atoms with Crippen LogP contribution in [0.25, 0.3) is 0 Å². The van der Waals surface area contributed by atoms with Crippen LogP contribution >= 0.6 is 0 Å². The third-order valence-electron chi connectivity index (χ3n) is 3.06. The van der Waals surface area contributed by atoms with E-state index in [2.05, 4.69) is 27.4 Å². The molecule has 1 fully saturated rings. The van der Waals surface area contributed by atoms with Crippen LogP contribution in [0.3, 0.4) is 0 Å². The van der Waals surface area contributed by atoms with Crippen molar-refractivity contribution in [2.24, 2.45) is 10.9 Å². The van der Waals surface area contributed by atoms with Crippen molar-refractivity contribution in [1.82, 2.24) is 15.5 Å². The first kappa shape index (κ1) is 12.3. The molecule has 0 radical (unpaired) electrons. The normalized spacial score (nSPS) is 20.3. The van der Waals surface area contributed by atoms with E-state index in [0.29, 0.717) is 0 Å². The molecule has 4 nitrogen and oxygen atoms in total. The van der Waals surface area contributed by atoms with Gasteiger partial charge in [0.25, 0.3) is 0 Å². The van der Waals surface area contributed by atoms with Gasteiger partial charge in [0.2, 0.25) is 0 Å². The minimum atomic E-state index is 0.875. The van der Waals surface area contributed by atoms with Gasteiger partial charge in [0.05, 0.1) is 0 Å². The molecule has 1 aliphatic heterocycles. The molecule has 88 valence electrons. The summed E-state index contributed by atoms with van der Waals surface area (Å²) in [5.41, 5.74) is 0. The Morgan fingerprint density at radius 3 is 2.60 bits per heavy atom. The van der Waals surface area contributed by atoms with Crippen LogP contribution in [0.1, 0.15) is 19.8 Å². The zero-order chi connectivity index (χ0) is 11.1. The molecular formula is C11H24N4. The van der Waals surface area contributed by atoms with Gasteiger partial charge < -0.3 is 15.5 Å². The summed E-state index contributed by atoms with van der Waals surface area (Å²) in [5.74, 6) is 1.79. The largest absolute Gasteiger partial charge is 0.359 e. The van der Waals surface area contributed by atoms with Gasteiger partial charge in [0.15, 0.2) is 5.96 Å². The Bertz CT molecular complexity index is 195. The molecule has 0 aromatic carbocycles. The summed E-state index contributed by atoms with van der Waals surface area (Å²) in [7, 11) is 3.68. The summed E-state index contributed by atoms with van der Waals surface area (Å²) in [5, 5.41) is 6.29. The van der Waals surface area contributed by atoms with E-state index in [9.17, 15) is 0 Å². The van der Waals surface area contributed by atoms with Crippen LogP contribution in [0.15, 0.2) is 4.99 Å². The number of nitrogens with zero attached hydrogens (tertiary/aromatic N) is 2. The van der Waals surface area contributed by atoms with E-state index in [1.54, 1.807) is 7.05 Å². The fourth-order valence-corrected chi connectivity index (χ4v) is 1.90. The molecule has 0 unspecified atom stereocenters. The second kappa shape index (κ2) is 6.67. The molecule has 1 saturated heterocycles. The minimum absolute atomic E-state index is 0.875. The number of rotatable bonds is 3. The van der Waals surface area contributed by atoms with E-state index < -0.39 is 0 Å². The lowest BCUT2D eigenvalue weighted by atomic mass is 9.99. The first-order valence-electron chi connectivity index (χ1n) is 5.87. The van der Waals surface area contributed by atoms with E-state index in [4.69, 9.17) is 0 Å². The van der Waals surface area contributed by atoms with E-state index in [1.807, 2.05) is 7.05 Å². The lowest BCUT2D eigenvalue weighted by Crippen LogP contribution is -2.42. The highest BCUT2D eigenvalue weighted by Gasteiger charge is 2.14. The topological polar surface area (TPSA) is 39.7 Å². The van der Waals surface area contributed by atoms with Crippen LogP contribution in [0.5, 0.6) is 0 Å². The molecule has 0 amide bonds. The number of hydrogen-bond donors (Lipinski definition) is 2. The van der Waals surface area contributed by atoms with Gasteiger partial charge in [0, 0.05) is 27.2 Å². The van der Waals surface area contributed by atoms with Crippen LogP contribution in [-0.2, 0) is 0 Å². The average Bonchev–Trinajstić information content (AvgIpc) is 2.27. The van der Waals surface area contributed by atoms with E-state index >= 15 is 0 Å². The highest BCUT2D eigenvalue weighted by atomic mass is 15.2. The number of guanidine groups is 1. The Labute approximate surface area is 93.1 Å². The standard InChI is InChI=1S/C11H24N4/c1-10-4-7-15(8-5-10)9-6-14-11(12-2)13-3/h10H,4-9H2,1-3H3,(H2,12,13,14). The maximum atomic E-state index is 4.08. The molecule has 0 aromatic rings. The van der Waals surface area contributed by atoms with Gasteiger partial charge >= 0.3 is 0 Å². The molecule has 0 atom stereocenters. The van der Waals surface area contributed by atoms with Crippen molar-refractivity contribution in [1.29, 1.82) is 0 Å². The molecule has 1 aliphatic rings. The smallest absolute Gasteiger partial charge is 0.190 e. The van der Waals surface area contributed by atoms with Crippen molar-refractivity contribution in [2.45, 2.75) is 19.8 Å². The third kappa shape index (κ3) is 4.51.